The van der Waals surface area contributed by atoms with Gasteiger partial charge in [-0.1, -0.05) is 0 Å². The van der Waals surface area contributed by atoms with Crippen LogP contribution in [0.3, 0.4) is 0 Å². The van der Waals surface area contributed by atoms with Gasteiger partial charge in [-0.15, -0.1) is 0 Å². The second kappa shape index (κ2) is 7.72. The highest BCUT2D eigenvalue weighted by Crippen LogP contribution is 2.13. The first-order valence-corrected chi connectivity index (χ1v) is 7.67. The van der Waals surface area contributed by atoms with Gasteiger partial charge < -0.3 is 25.0 Å². The molecular formula is C14H25N3O4. The monoisotopic (exact) mass is 299 g/mol. The van der Waals surface area contributed by atoms with Crippen LogP contribution < -0.4 is 5.32 Å². The second-order valence-corrected chi connectivity index (χ2v) is 5.52. The molecule has 0 aliphatic carbocycles. The first-order valence-electron chi connectivity index (χ1n) is 7.67. The molecule has 2 rings (SSSR count). The fourth-order valence-corrected chi connectivity index (χ4v) is 2.76. The number of aliphatic hydroxyl groups excluding tert-OH is 1. The Hall–Kier alpha value is -1.18. The van der Waals surface area contributed by atoms with Crippen molar-refractivity contribution >= 4 is 11.8 Å². The van der Waals surface area contributed by atoms with Crippen LogP contribution in [0.5, 0.6) is 0 Å². The van der Waals surface area contributed by atoms with Gasteiger partial charge in [0.05, 0.1) is 25.2 Å². The lowest BCUT2D eigenvalue weighted by molar-refractivity contribution is -0.141. The number of likely N-dealkylation sites (tertiary alicyclic amines) is 1. The van der Waals surface area contributed by atoms with E-state index in [0.717, 1.165) is 0 Å². The van der Waals surface area contributed by atoms with Crippen LogP contribution in [-0.4, -0.2) is 84.8 Å². The van der Waals surface area contributed by atoms with Crippen molar-refractivity contribution in [1.29, 1.82) is 0 Å². The average Bonchev–Trinajstić information content (AvgIpc) is 2.90. The first-order chi connectivity index (χ1) is 10.1. The molecule has 120 valence electrons. The molecule has 2 aliphatic heterocycles. The Kier molecular flexibility index (Phi) is 5.96. The Balaban J connectivity index is 1.81. The second-order valence-electron chi connectivity index (χ2n) is 5.52. The molecule has 2 heterocycles. The van der Waals surface area contributed by atoms with Crippen LogP contribution in [0.15, 0.2) is 0 Å². The minimum absolute atomic E-state index is 0.0333. The van der Waals surface area contributed by atoms with Crippen LogP contribution in [0.1, 0.15) is 19.8 Å². The number of rotatable bonds is 6. The lowest BCUT2D eigenvalue weighted by atomic mass is 10.1. The standard InChI is InChI=1S/C14H25N3O4/c1-2-21-8-7-16-6-4-15-12(14(16)20)9-13(19)17-5-3-11(18)10-17/h11-12,15,18H,2-10H2,1H3. The Morgan fingerprint density at radius 2 is 2.29 bits per heavy atom. The highest BCUT2D eigenvalue weighted by atomic mass is 16.5. The number of ether oxygens (including phenoxy) is 1. The van der Waals surface area contributed by atoms with E-state index in [1.165, 1.54) is 0 Å². The zero-order chi connectivity index (χ0) is 15.2. The molecule has 2 amide bonds. The maximum absolute atomic E-state index is 12.3. The summed E-state index contributed by atoms with van der Waals surface area (Å²) in [5.41, 5.74) is 0. The molecule has 7 nitrogen and oxygen atoms in total. The van der Waals surface area contributed by atoms with Gasteiger partial charge >= 0.3 is 0 Å². The van der Waals surface area contributed by atoms with Crippen molar-refractivity contribution in [1.82, 2.24) is 15.1 Å². The summed E-state index contributed by atoms with van der Waals surface area (Å²) < 4.78 is 5.28. The molecule has 0 aromatic rings. The third kappa shape index (κ3) is 4.39. The van der Waals surface area contributed by atoms with Gasteiger partial charge in [0.15, 0.2) is 0 Å². The predicted octanol–water partition coefficient (Wildman–Crippen LogP) is -1.19. The smallest absolute Gasteiger partial charge is 0.240 e. The summed E-state index contributed by atoms with van der Waals surface area (Å²) in [7, 11) is 0. The summed E-state index contributed by atoms with van der Waals surface area (Å²) in [6, 6.07) is -0.453. The minimum Gasteiger partial charge on any atom is -0.391 e. The molecule has 0 aromatic carbocycles. The molecule has 0 saturated carbocycles. The van der Waals surface area contributed by atoms with E-state index in [2.05, 4.69) is 5.32 Å². The molecule has 2 aliphatic rings. The fourth-order valence-electron chi connectivity index (χ4n) is 2.76. The van der Waals surface area contributed by atoms with Gasteiger partial charge in [0.1, 0.15) is 0 Å². The van der Waals surface area contributed by atoms with Crippen LogP contribution >= 0.6 is 0 Å². The highest BCUT2D eigenvalue weighted by Gasteiger charge is 2.32. The van der Waals surface area contributed by atoms with Crippen molar-refractivity contribution in [3.05, 3.63) is 0 Å². The number of carbonyl (C=O) groups excluding carboxylic acids is 2. The highest BCUT2D eigenvalue weighted by molar-refractivity contribution is 5.89. The fraction of sp³-hybridized carbons (Fsp3) is 0.857. The summed E-state index contributed by atoms with van der Waals surface area (Å²) in [5, 5.41) is 12.6. The molecule has 2 fully saturated rings. The van der Waals surface area contributed by atoms with E-state index in [4.69, 9.17) is 4.74 Å². The van der Waals surface area contributed by atoms with Gasteiger partial charge in [-0.05, 0) is 13.3 Å². The SMILES string of the molecule is CCOCCN1CCNC(CC(=O)N2CCC(O)C2)C1=O. The number of piperazine rings is 1. The molecule has 21 heavy (non-hydrogen) atoms. The van der Waals surface area contributed by atoms with Crippen LogP contribution in [-0.2, 0) is 14.3 Å². The molecule has 2 N–H and O–H groups in total. The molecule has 7 heteroatoms. The maximum Gasteiger partial charge on any atom is 0.240 e. The summed E-state index contributed by atoms with van der Waals surface area (Å²) in [6.07, 6.45) is 0.362. The predicted molar refractivity (Wildman–Crippen MR) is 76.7 cm³/mol. The molecule has 2 atom stereocenters. The van der Waals surface area contributed by atoms with Crippen LogP contribution in [0.2, 0.25) is 0 Å². The Bertz CT molecular complexity index is 377. The van der Waals surface area contributed by atoms with Gasteiger partial charge in [-0.2, -0.15) is 0 Å². The Morgan fingerprint density at radius 1 is 1.48 bits per heavy atom. The van der Waals surface area contributed by atoms with E-state index in [9.17, 15) is 14.7 Å². The lowest BCUT2D eigenvalue weighted by Gasteiger charge is -2.33. The molecule has 0 aromatic heterocycles. The van der Waals surface area contributed by atoms with Gasteiger partial charge in [-0.3, -0.25) is 9.59 Å². The largest absolute Gasteiger partial charge is 0.391 e. The quantitative estimate of drug-likeness (QED) is 0.603. The maximum atomic E-state index is 12.3. The summed E-state index contributed by atoms with van der Waals surface area (Å²) >= 11 is 0. The minimum atomic E-state index is -0.453. The number of carbonyl (C=O) groups is 2. The molecule has 0 bridgehead atoms. The number of β-amino-alcohol motifs (C(OH)–C–C–N with tert-alkyl or cyclic N) is 1. The van der Waals surface area contributed by atoms with Gasteiger partial charge in [0.25, 0.3) is 0 Å². The van der Waals surface area contributed by atoms with Crippen molar-refractivity contribution in [3.63, 3.8) is 0 Å². The Morgan fingerprint density at radius 3 is 2.95 bits per heavy atom. The first kappa shape index (κ1) is 16.2. The lowest BCUT2D eigenvalue weighted by Crippen LogP contribution is -2.57. The summed E-state index contributed by atoms with van der Waals surface area (Å²) in [4.78, 5) is 27.9. The van der Waals surface area contributed by atoms with Crippen molar-refractivity contribution in [3.8, 4) is 0 Å². The normalized spacial score (nSPS) is 26.5. The number of nitrogens with zero attached hydrogens (tertiary/aromatic N) is 2. The van der Waals surface area contributed by atoms with E-state index in [1.54, 1.807) is 9.80 Å². The Labute approximate surface area is 125 Å². The summed E-state index contributed by atoms with van der Waals surface area (Å²) in [6.45, 7) is 5.97. The zero-order valence-corrected chi connectivity index (χ0v) is 12.6. The van der Waals surface area contributed by atoms with Gasteiger partial charge in [0, 0.05) is 39.3 Å². The van der Waals surface area contributed by atoms with Crippen molar-refractivity contribution < 1.29 is 19.4 Å². The van der Waals surface area contributed by atoms with E-state index < -0.39 is 12.1 Å². The van der Waals surface area contributed by atoms with E-state index in [-0.39, 0.29) is 18.2 Å². The topological polar surface area (TPSA) is 82.1 Å². The van der Waals surface area contributed by atoms with Crippen LogP contribution in [0.4, 0.5) is 0 Å². The molecule has 2 unspecified atom stereocenters. The number of hydrogen-bond acceptors (Lipinski definition) is 5. The molecule has 0 radical (unpaired) electrons. The van der Waals surface area contributed by atoms with Crippen LogP contribution in [0, 0.1) is 0 Å². The third-order valence-corrected chi connectivity index (χ3v) is 3.99. The number of hydrogen-bond donors (Lipinski definition) is 2. The molecule has 2 saturated heterocycles. The van der Waals surface area contributed by atoms with Gasteiger partial charge in [0.2, 0.25) is 11.8 Å². The zero-order valence-electron chi connectivity index (χ0n) is 12.6. The van der Waals surface area contributed by atoms with Crippen molar-refractivity contribution in [2.75, 3.05) is 45.9 Å². The van der Waals surface area contributed by atoms with Crippen molar-refractivity contribution in [2.24, 2.45) is 0 Å². The van der Waals surface area contributed by atoms with E-state index in [1.807, 2.05) is 6.92 Å². The summed E-state index contributed by atoms with van der Waals surface area (Å²) in [5.74, 6) is -0.0990. The van der Waals surface area contributed by atoms with Crippen molar-refractivity contribution in [2.45, 2.75) is 31.9 Å². The average molecular weight is 299 g/mol. The molecular weight excluding hydrogens is 274 g/mol. The number of amides is 2. The number of aliphatic hydroxyl groups is 1. The number of nitrogens with one attached hydrogen (secondary N) is 1. The molecule has 0 spiro atoms. The van der Waals surface area contributed by atoms with Crippen LogP contribution in [0.25, 0.3) is 0 Å². The van der Waals surface area contributed by atoms with E-state index >= 15 is 0 Å². The van der Waals surface area contributed by atoms with E-state index in [0.29, 0.717) is 52.4 Å². The van der Waals surface area contributed by atoms with Gasteiger partial charge in [-0.25, -0.2) is 0 Å². The third-order valence-electron chi connectivity index (χ3n) is 3.99.